The Kier molecular flexibility index (Phi) is 7.83. The van der Waals surface area contributed by atoms with Gasteiger partial charge in [0, 0.05) is 0 Å². The van der Waals surface area contributed by atoms with Gasteiger partial charge in [0.2, 0.25) is 0 Å². The summed E-state index contributed by atoms with van der Waals surface area (Å²) in [6, 6.07) is 20.8. The zero-order chi connectivity index (χ0) is 13.5. The van der Waals surface area contributed by atoms with E-state index < -0.39 is 23.3 Å². The summed E-state index contributed by atoms with van der Waals surface area (Å²) in [5, 5.41) is 3.36. The quantitative estimate of drug-likeness (QED) is 0.264. The van der Waals surface area contributed by atoms with Gasteiger partial charge in [0.1, 0.15) is 0 Å². The molecule has 2 aromatic carbocycles. The molecule has 0 aliphatic carbocycles. The second-order valence-electron chi connectivity index (χ2n) is 4.22. The first kappa shape index (κ1) is 17.2. The molecule has 0 saturated carbocycles. The van der Waals surface area contributed by atoms with Crippen LogP contribution in [0.15, 0.2) is 65.8 Å². The third-order valence-corrected chi connectivity index (χ3v) is 15.2. The Bertz CT molecular complexity index is 513. The minimum absolute atomic E-state index is 0. The van der Waals surface area contributed by atoms with Crippen molar-refractivity contribution >= 4 is 35.9 Å². The van der Waals surface area contributed by atoms with E-state index in [9.17, 15) is 0 Å². The molecule has 0 heterocycles. The first-order chi connectivity index (χ1) is 9.31. The van der Waals surface area contributed by atoms with E-state index in [0.29, 0.717) is 0 Å². The van der Waals surface area contributed by atoms with Crippen LogP contribution in [0.3, 0.4) is 0 Å². The number of hydrogen-bond donors (Lipinski definition) is 3. The summed E-state index contributed by atoms with van der Waals surface area (Å²) in [6.07, 6.45) is 0. The molecule has 0 aromatic heterocycles. The monoisotopic (exact) mass is 495 g/mol. The average Bonchev–Trinajstić information content (AvgIpc) is 2.49. The maximum atomic E-state index is 6.87. The number of thiocarbonyl (C=S) groups is 1. The van der Waals surface area contributed by atoms with Crippen molar-refractivity contribution in [3.63, 3.8) is 0 Å². The van der Waals surface area contributed by atoms with Crippen molar-refractivity contribution in [2.45, 2.75) is 0 Å². The van der Waals surface area contributed by atoms with Gasteiger partial charge in [-0.3, -0.25) is 0 Å². The predicted octanol–water partition coefficient (Wildman–Crippen LogP) is 2.00. The maximum absolute atomic E-state index is 6.87. The molecule has 0 spiro atoms. The Labute approximate surface area is 138 Å². The van der Waals surface area contributed by atoms with Crippen molar-refractivity contribution in [3.8, 4) is 0 Å². The molecule has 20 heavy (non-hydrogen) atoms. The summed E-state index contributed by atoms with van der Waals surface area (Å²) in [5.74, 6) is 0. The molecule has 2 aromatic rings. The standard InChI is InChI=1S/2C6H5.CH4N4S.ClH.Hg/c2*1-2-4-6-5-3-1;2-4-1(6)5-3;;/h2*1-5H;(H4,2,3,4,5,6);1H;/q;;;;+1/p-1. The van der Waals surface area contributed by atoms with Gasteiger partial charge in [-0.05, 0) is 0 Å². The van der Waals surface area contributed by atoms with E-state index in [4.69, 9.17) is 17.7 Å². The molecule has 0 saturated heterocycles. The van der Waals surface area contributed by atoms with E-state index in [-0.39, 0.29) is 17.5 Å². The summed E-state index contributed by atoms with van der Waals surface area (Å²) in [5.41, 5.74) is 9.73. The number of hydrazine groups is 1. The number of benzene rings is 2. The van der Waals surface area contributed by atoms with E-state index >= 15 is 0 Å². The second-order valence-corrected chi connectivity index (χ2v) is 16.5. The topological polar surface area (TPSA) is 60.3 Å². The van der Waals surface area contributed by atoms with Crippen molar-refractivity contribution in [2.75, 3.05) is 0 Å². The summed E-state index contributed by atoms with van der Waals surface area (Å²) in [6.45, 7) is 0. The molecule has 101 valence electrons. The van der Waals surface area contributed by atoms with Crippen molar-refractivity contribution in [3.05, 3.63) is 60.7 Å². The second kappa shape index (κ2) is 9.12. The Morgan fingerprint density at radius 2 is 1.40 bits per heavy atom. The van der Waals surface area contributed by atoms with Crippen LogP contribution in [-0.2, 0) is 23.3 Å². The molecule has 0 aliphatic rings. The first-order valence-electron chi connectivity index (χ1n) is 6.03. The Balaban J connectivity index is 0.00000200. The number of halogens is 1. The van der Waals surface area contributed by atoms with Gasteiger partial charge in [0.25, 0.3) is 0 Å². The molecule has 0 aliphatic heterocycles. The minimum atomic E-state index is -2.65. The molecule has 0 radical (unpaired) electrons. The molecule has 0 fully saturated rings. The van der Waals surface area contributed by atoms with E-state index in [2.05, 4.69) is 38.0 Å². The van der Waals surface area contributed by atoms with Crippen LogP contribution in [0.4, 0.5) is 0 Å². The number of nitrogens with one attached hydrogen (secondary N) is 3. The molecule has 7 heteroatoms. The van der Waals surface area contributed by atoms with Crippen molar-refractivity contribution < 1.29 is 23.3 Å². The van der Waals surface area contributed by atoms with Gasteiger partial charge >= 0.3 is 127 Å². The molecule has 0 unspecified atom stereocenters. The van der Waals surface area contributed by atoms with E-state index in [0.717, 1.165) is 0 Å². The van der Waals surface area contributed by atoms with Crippen LogP contribution in [-0.4, -0.2) is 5.11 Å². The number of nitrogens with zero attached hydrogens (tertiary/aromatic N) is 1. The van der Waals surface area contributed by atoms with Crippen LogP contribution >= 0.6 is 24.6 Å². The summed E-state index contributed by atoms with van der Waals surface area (Å²) in [4.78, 5) is 0. The third-order valence-electron chi connectivity index (χ3n) is 2.98. The van der Waals surface area contributed by atoms with E-state index in [1.165, 1.54) is 6.14 Å². The van der Waals surface area contributed by atoms with Gasteiger partial charge < -0.3 is 0 Å². The fourth-order valence-electron chi connectivity index (χ4n) is 2.06. The van der Waals surface area contributed by atoms with Gasteiger partial charge in [-0.25, -0.2) is 0 Å². The Morgan fingerprint density at radius 1 is 0.950 bits per heavy atom. The normalized spacial score (nSPS) is 9.20. The van der Waals surface area contributed by atoms with E-state index in [1.54, 1.807) is 0 Å². The van der Waals surface area contributed by atoms with Gasteiger partial charge in [0.05, 0.1) is 0 Å². The van der Waals surface area contributed by atoms with Crippen LogP contribution in [0.25, 0.3) is 0 Å². The molecular formula is C13H14ClHgN4S. The van der Waals surface area contributed by atoms with Crippen LogP contribution in [0.2, 0.25) is 0 Å². The van der Waals surface area contributed by atoms with Gasteiger partial charge in [0.15, 0.2) is 0 Å². The molecule has 3 N–H and O–H groups in total. The van der Waals surface area contributed by atoms with Gasteiger partial charge in [-0.1, -0.05) is 0 Å². The van der Waals surface area contributed by atoms with Crippen LogP contribution < -0.4 is 14.8 Å². The van der Waals surface area contributed by atoms with E-state index in [1.807, 2.05) is 36.4 Å². The van der Waals surface area contributed by atoms with Crippen molar-refractivity contribution in [1.82, 2.24) is 8.62 Å². The van der Waals surface area contributed by atoms with Crippen LogP contribution in [0.5, 0.6) is 0 Å². The van der Waals surface area contributed by atoms with Crippen LogP contribution in [0, 0.1) is 5.53 Å². The average molecular weight is 494 g/mol. The summed E-state index contributed by atoms with van der Waals surface area (Å²) >= 11 is 2.23. The fourth-order valence-corrected chi connectivity index (χ4v) is 13.2. The van der Waals surface area contributed by atoms with Gasteiger partial charge in [-0.2, -0.15) is 0 Å². The summed E-state index contributed by atoms with van der Waals surface area (Å²) in [7, 11) is 0. The Morgan fingerprint density at radius 3 is 1.80 bits per heavy atom. The number of rotatable bonds is 4. The number of hydrogen-bond acceptors (Lipinski definition) is 3. The summed E-state index contributed by atoms with van der Waals surface area (Å²) < 4.78 is 6.00. The van der Waals surface area contributed by atoms with Crippen molar-refractivity contribution in [2.24, 2.45) is 5.11 Å². The Hall–Kier alpha value is -0.885. The third kappa shape index (κ3) is 4.90. The SMILES string of the molecule is Cl.N=NC(=S)N[NH][Hg]([c]1ccccc1)[c]1ccccc1. The molecule has 2 rings (SSSR count). The molecule has 0 amide bonds. The molecule has 0 bridgehead atoms. The molecule has 4 nitrogen and oxygen atoms in total. The zero-order valence-corrected chi connectivity index (χ0v) is 17.9. The van der Waals surface area contributed by atoms with Crippen LogP contribution in [0.1, 0.15) is 0 Å². The fraction of sp³-hybridized carbons (Fsp3) is 0. The predicted molar refractivity (Wildman–Crippen MR) is 83.4 cm³/mol. The van der Waals surface area contributed by atoms with Gasteiger partial charge in [-0.15, -0.1) is 12.4 Å². The first-order valence-corrected chi connectivity index (χ1v) is 14.7. The zero-order valence-electron chi connectivity index (χ0n) is 10.7. The molecular weight excluding hydrogens is 480 g/mol. The van der Waals surface area contributed by atoms with Crippen molar-refractivity contribution in [1.29, 1.82) is 5.53 Å². The molecule has 0 atom stereocenters.